The Kier molecular flexibility index (Phi) is 8.10. The van der Waals surface area contributed by atoms with Crippen molar-refractivity contribution in [3.05, 3.63) is 35.4 Å². The number of nitrogens with zero attached hydrogens (tertiary/aromatic N) is 1. The van der Waals surface area contributed by atoms with Crippen LogP contribution in [0.1, 0.15) is 31.9 Å². The summed E-state index contributed by atoms with van der Waals surface area (Å²) in [6.07, 6.45) is 1.55. The molecule has 2 amide bonds. The minimum absolute atomic E-state index is 0.297. The van der Waals surface area contributed by atoms with Gasteiger partial charge in [0.1, 0.15) is 11.6 Å². The van der Waals surface area contributed by atoms with Crippen molar-refractivity contribution >= 4 is 28.8 Å². The van der Waals surface area contributed by atoms with Crippen LogP contribution in [0.5, 0.6) is 0 Å². The molecular weight excluding hydrogens is 354 g/mol. The first kappa shape index (κ1) is 22.0. The van der Waals surface area contributed by atoms with Crippen molar-refractivity contribution in [1.82, 2.24) is 10.4 Å². The summed E-state index contributed by atoms with van der Waals surface area (Å²) in [6.45, 7) is 5.28. The van der Waals surface area contributed by atoms with Crippen LogP contribution in [0.4, 0.5) is 4.79 Å². The second kappa shape index (κ2) is 9.59. The van der Waals surface area contributed by atoms with Crippen LogP contribution in [-0.2, 0) is 20.8 Å². The van der Waals surface area contributed by atoms with Gasteiger partial charge in [-0.1, -0.05) is 23.9 Å². The number of alkyl carbamates (subject to hydrolysis) is 1. The van der Waals surface area contributed by atoms with Gasteiger partial charge in [0.25, 0.3) is 5.91 Å². The molecule has 0 fully saturated rings. The van der Waals surface area contributed by atoms with E-state index in [0.717, 1.165) is 21.2 Å². The normalized spacial score (nSPS) is 12.2. The highest BCUT2D eigenvalue weighted by Gasteiger charge is 2.27. The zero-order valence-corrected chi connectivity index (χ0v) is 17.0. The SMILES string of the molecule is CON(C)C(=O)C(Cc1ccc(C(=[NH2+])SC)cc1)NC(=O)OC(C)(C)C. The maximum Gasteiger partial charge on any atom is 0.408 e. The monoisotopic (exact) mass is 382 g/mol. The summed E-state index contributed by atoms with van der Waals surface area (Å²) < 4.78 is 5.25. The highest BCUT2D eigenvalue weighted by atomic mass is 32.2. The van der Waals surface area contributed by atoms with Crippen LogP contribution in [0, 0.1) is 0 Å². The van der Waals surface area contributed by atoms with Gasteiger partial charge in [0.15, 0.2) is 0 Å². The summed E-state index contributed by atoms with van der Waals surface area (Å²) in [7, 11) is 2.88. The summed E-state index contributed by atoms with van der Waals surface area (Å²) in [5.74, 6) is -0.377. The van der Waals surface area contributed by atoms with Gasteiger partial charge in [0.2, 0.25) is 5.04 Å². The Morgan fingerprint density at radius 2 is 1.85 bits per heavy atom. The van der Waals surface area contributed by atoms with E-state index in [2.05, 4.69) is 5.32 Å². The highest BCUT2D eigenvalue weighted by Crippen LogP contribution is 2.13. The molecule has 0 radical (unpaired) electrons. The molecule has 1 rings (SSSR count). The molecule has 8 heteroatoms. The number of benzene rings is 1. The second-order valence-electron chi connectivity index (χ2n) is 6.69. The lowest BCUT2D eigenvalue weighted by Gasteiger charge is -2.25. The van der Waals surface area contributed by atoms with Gasteiger partial charge in [-0.15, -0.1) is 0 Å². The topological polar surface area (TPSA) is 93.5 Å². The van der Waals surface area contributed by atoms with Crippen molar-refractivity contribution in [1.29, 1.82) is 0 Å². The predicted octanol–water partition coefficient (Wildman–Crippen LogP) is 1.01. The highest BCUT2D eigenvalue weighted by molar-refractivity contribution is 8.13. The Bertz CT molecular complexity index is 641. The number of rotatable bonds is 6. The lowest BCUT2D eigenvalue weighted by Crippen LogP contribution is -2.49. The van der Waals surface area contributed by atoms with Crippen molar-refractivity contribution in [3.8, 4) is 0 Å². The molecule has 144 valence electrons. The molecule has 0 aromatic heterocycles. The van der Waals surface area contributed by atoms with Gasteiger partial charge >= 0.3 is 6.09 Å². The molecule has 26 heavy (non-hydrogen) atoms. The molecule has 1 aromatic rings. The minimum atomic E-state index is -0.817. The maximum atomic E-state index is 12.5. The molecule has 0 spiro atoms. The number of carbonyl (C=O) groups is 2. The Labute approximate surface area is 158 Å². The lowest BCUT2D eigenvalue weighted by atomic mass is 10.0. The first-order chi connectivity index (χ1) is 12.1. The second-order valence-corrected chi connectivity index (χ2v) is 7.53. The van der Waals surface area contributed by atoms with E-state index >= 15 is 0 Å². The van der Waals surface area contributed by atoms with Gasteiger partial charge in [0, 0.05) is 13.5 Å². The number of carbonyl (C=O) groups excluding carboxylic acids is 2. The largest absolute Gasteiger partial charge is 0.444 e. The van der Waals surface area contributed by atoms with Crippen molar-refractivity contribution in [2.45, 2.75) is 38.8 Å². The van der Waals surface area contributed by atoms with Crippen LogP contribution >= 0.6 is 11.8 Å². The van der Waals surface area contributed by atoms with E-state index in [4.69, 9.17) is 15.0 Å². The van der Waals surface area contributed by atoms with Gasteiger partial charge in [-0.25, -0.2) is 15.3 Å². The number of ether oxygens (including phenoxy) is 1. The molecule has 1 aromatic carbocycles. The summed E-state index contributed by atoms with van der Waals surface area (Å²) in [4.78, 5) is 29.5. The van der Waals surface area contributed by atoms with Gasteiger partial charge in [-0.3, -0.25) is 9.63 Å². The first-order valence-electron chi connectivity index (χ1n) is 8.14. The van der Waals surface area contributed by atoms with E-state index in [-0.39, 0.29) is 5.91 Å². The number of nitrogens with two attached hydrogens (primary N) is 1. The van der Waals surface area contributed by atoms with Crippen LogP contribution in [0.25, 0.3) is 0 Å². The van der Waals surface area contributed by atoms with Crippen molar-refractivity contribution in [2.24, 2.45) is 0 Å². The average molecular weight is 383 g/mol. The third-order valence-corrected chi connectivity index (χ3v) is 4.15. The Morgan fingerprint density at radius 3 is 2.31 bits per heavy atom. The molecule has 0 aliphatic carbocycles. The third-order valence-electron chi connectivity index (χ3n) is 3.47. The standard InChI is InChI=1S/C18H27N3O4S/c1-18(2,3)25-17(23)20-14(16(22)21(4)24-5)11-12-7-9-13(10-8-12)15(19)26-6/h7-10,14,19H,11H2,1-6H3,(H,20,23)/p+1. The smallest absolute Gasteiger partial charge is 0.408 e. The van der Waals surface area contributed by atoms with Gasteiger partial charge < -0.3 is 10.1 Å². The van der Waals surface area contributed by atoms with Gasteiger partial charge in [0.05, 0.1) is 12.7 Å². The van der Waals surface area contributed by atoms with Gasteiger partial charge in [-0.2, -0.15) is 0 Å². The fourth-order valence-electron chi connectivity index (χ4n) is 2.12. The van der Waals surface area contributed by atoms with Crippen LogP contribution in [-0.4, -0.2) is 54.2 Å². The lowest BCUT2D eigenvalue weighted by molar-refractivity contribution is -0.171. The zero-order valence-electron chi connectivity index (χ0n) is 16.2. The quantitative estimate of drug-likeness (QED) is 0.435. The Morgan fingerprint density at radius 1 is 1.27 bits per heavy atom. The maximum absolute atomic E-state index is 12.5. The number of hydrogen-bond donors (Lipinski definition) is 2. The Balaban J connectivity index is 2.93. The molecule has 0 saturated heterocycles. The number of nitrogens with one attached hydrogen (secondary N) is 1. The molecule has 0 bridgehead atoms. The molecular formula is C18H28N3O4S+. The fourth-order valence-corrected chi connectivity index (χ4v) is 2.49. The molecule has 0 aliphatic rings. The number of hydroxylamine groups is 2. The predicted molar refractivity (Wildman–Crippen MR) is 103 cm³/mol. The van der Waals surface area contributed by atoms with Crippen molar-refractivity contribution < 1.29 is 24.6 Å². The van der Waals surface area contributed by atoms with Crippen LogP contribution in [0.3, 0.4) is 0 Å². The zero-order chi connectivity index (χ0) is 19.9. The summed E-state index contributed by atoms with van der Waals surface area (Å²) in [5, 5.41) is 10.3. The number of thioether (sulfide) groups is 1. The Hall–Kier alpha value is -2.06. The molecule has 0 heterocycles. The molecule has 1 unspecified atom stereocenters. The first-order valence-corrected chi connectivity index (χ1v) is 9.36. The molecule has 0 saturated carbocycles. The molecule has 3 N–H and O–H groups in total. The van der Waals surface area contributed by atoms with E-state index in [9.17, 15) is 9.59 Å². The third kappa shape index (κ3) is 7.05. The van der Waals surface area contributed by atoms with Crippen LogP contribution in [0.15, 0.2) is 24.3 Å². The van der Waals surface area contributed by atoms with E-state index in [1.807, 2.05) is 30.5 Å². The molecule has 1 atom stereocenters. The summed E-state index contributed by atoms with van der Waals surface area (Å²) in [5.41, 5.74) is 1.14. The van der Waals surface area contributed by atoms with Crippen LogP contribution in [0.2, 0.25) is 0 Å². The fraction of sp³-hybridized carbons (Fsp3) is 0.500. The van der Waals surface area contributed by atoms with Crippen molar-refractivity contribution in [2.75, 3.05) is 20.4 Å². The minimum Gasteiger partial charge on any atom is -0.444 e. The van der Waals surface area contributed by atoms with E-state index < -0.39 is 17.7 Å². The van der Waals surface area contributed by atoms with Crippen LogP contribution < -0.4 is 10.7 Å². The van der Waals surface area contributed by atoms with E-state index in [1.165, 1.54) is 25.9 Å². The number of likely N-dealkylation sites (N-methyl/N-ethyl adjacent to an activating group) is 1. The van der Waals surface area contributed by atoms with Gasteiger partial charge in [-0.05, 0) is 44.7 Å². The summed E-state index contributed by atoms with van der Waals surface area (Å²) >= 11 is 1.47. The number of hydrogen-bond acceptors (Lipinski definition) is 5. The van der Waals surface area contributed by atoms with Crippen molar-refractivity contribution in [3.63, 3.8) is 0 Å². The van der Waals surface area contributed by atoms with E-state index in [1.54, 1.807) is 20.8 Å². The average Bonchev–Trinajstić information content (AvgIpc) is 2.58. The molecule has 7 nitrogen and oxygen atoms in total. The van der Waals surface area contributed by atoms with E-state index in [0.29, 0.717) is 6.42 Å². The number of amides is 2. The summed E-state index contributed by atoms with van der Waals surface area (Å²) in [6, 6.07) is 6.71. The molecule has 0 aliphatic heterocycles.